The Balaban J connectivity index is 3.44. The fourth-order valence-corrected chi connectivity index (χ4v) is 0.961. The van der Waals surface area contributed by atoms with E-state index in [9.17, 15) is 4.79 Å². The number of rotatable bonds is 6. The Morgan fingerprint density at radius 1 is 1.33 bits per heavy atom. The molecular weight excluding hydrogens is 150 g/mol. The second kappa shape index (κ2) is 5.31. The molecule has 0 radical (unpaired) electrons. The van der Waals surface area contributed by atoms with Gasteiger partial charge in [-0.2, -0.15) is 0 Å². The van der Waals surface area contributed by atoms with E-state index in [1.807, 2.05) is 13.8 Å². The van der Waals surface area contributed by atoms with Gasteiger partial charge in [0.15, 0.2) is 0 Å². The number of Topliss-reactive ketones (excluding diaryl/α,β-unsaturated/α-hetero) is 1. The van der Waals surface area contributed by atoms with Gasteiger partial charge in [0.25, 0.3) is 0 Å². The maximum atomic E-state index is 11.2. The molecule has 2 nitrogen and oxygen atoms in total. The first kappa shape index (κ1) is 11.6. The molecular formula is C10H21NO. The van der Waals surface area contributed by atoms with Crippen LogP contribution in [-0.2, 0) is 4.79 Å². The van der Waals surface area contributed by atoms with Crippen LogP contribution in [0, 0.1) is 0 Å². The van der Waals surface area contributed by atoms with Gasteiger partial charge in [-0.05, 0) is 26.7 Å². The van der Waals surface area contributed by atoms with Crippen LogP contribution in [0.4, 0.5) is 0 Å². The van der Waals surface area contributed by atoms with Crippen molar-refractivity contribution in [2.75, 3.05) is 0 Å². The van der Waals surface area contributed by atoms with Crippen LogP contribution in [0.5, 0.6) is 0 Å². The Morgan fingerprint density at radius 3 is 2.33 bits per heavy atom. The molecule has 0 saturated carbocycles. The van der Waals surface area contributed by atoms with Gasteiger partial charge in [-0.1, -0.05) is 13.3 Å². The van der Waals surface area contributed by atoms with Crippen molar-refractivity contribution in [1.82, 2.24) is 0 Å². The fraction of sp³-hybridized carbons (Fsp3) is 0.900. The minimum absolute atomic E-state index is 0.193. The van der Waals surface area contributed by atoms with Crippen LogP contribution >= 0.6 is 0 Å². The lowest BCUT2D eigenvalue weighted by molar-refractivity contribution is -0.119. The highest BCUT2D eigenvalue weighted by molar-refractivity contribution is 5.78. The van der Waals surface area contributed by atoms with Crippen molar-refractivity contribution in [3.63, 3.8) is 0 Å². The minimum atomic E-state index is -0.193. The van der Waals surface area contributed by atoms with Crippen molar-refractivity contribution in [3.8, 4) is 0 Å². The smallest absolute Gasteiger partial charge is 0.132 e. The molecule has 0 fully saturated rings. The predicted molar refractivity (Wildman–Crippen MR) is 52.0 cm³/mol. The molecule has 0 unspecified atom stereocenters. The number of carbonyl (C=O) groups excluding carboxylic acids is 1. The molecule has 0 aliphatic carbocycles. The zero-order valence-corrected chi connectivity index (χ0v) is 8.52. The van der Waals surface area contributed by atoms with E-state index >= 15 is 0 Å². The summed E-state index contributed by atoms with van der Waals surface area (Å²) in [5, 5.41) is 0. The Hall–Kier alpha value is -0.370. The van der Waals surface area contributed by atoms with Gasteiger partial charge in [0.1, 0.15) is 5.78 Å². The summed E-state index contributed by atoms with van der Waals surface area (Å²) in [5.41, 5.74) is 5.57. The maximum Gasteiger partial charge on any atom is 0.132 e. The fourth-order valence-electron chi connectivity index (χ4n) is 0.961. The number of nitrogens with two attached hydrogens (primary N) is 1. The van der Waals surface area contributed by atoms with Crippen LogP contribution in [-0.4, -0.2) is 11.3 Å². The highest BCUT2D eigenvalue weighted by atomic mass is 16.1. The molecule has 0 bridgehead atoms. The molecule has 0 aliphatic rings. The van der Waals surface area contributed by atoms with Crippen molar-refractivity contribution in [2.24, 2.45) is 5.73 Å². The van der Waals surface area contributed by atoms with Gasteiger partial charge in [-0.3, -0.25) is 4.79 Å². The van der Waals surface area contributed by atoms with E-state index in [0.29, 0.717) is 12.2 Å². The van der Waals surface area contributed by atoms with Gasteiger partial charge in [-0.15, -0.1) is 0 Å². The topological polar surface area (TPSA) is 43.1 Å². The van der Waals surface area contributed by atoms with Crippen LogP contribution in [0.2, 0.25) is 0 Å². The second-order valence-electron chi connectivity index (χ2n) is 4.13. The lowest BCUT2D eigenvalue weighted by Crippen LogP contribution is -2.32. The highest BCUT2D eigenvalue weighted by Crippen LogP contribution is 2.09. The van der Waals surface area contributed by atoms with Crippen LogP contribution in [0.15, 0.2) is 0 Å². The monoisotopic (exact) mass is 171 g/mol. The summed E-state index contributed by atoms with van der Waals surface area (Å²) in [5.74, 6) is 0.357. The molecule has 12 heavy (non-hydrogen) atoms. The number of hydrogen-bond donors (Lipinski definition) is 1. The molecule has 0 aromatic rings. The van der Waals surface area contributed by atoms with Crippen LogP contribution in [0.1, 0.15) is 52.9 Å². The van der Waals surface area contributed by atoms with E-state index in [0.717, 1.165) is 25.7 Å². The molecule has 0 spiro atoms. The zero-order chi connectivity index (χ0) is 9.61. The molecule has 2 N–H and O–H groups in total. The first-order chi connectivity index (χ1) is 5.45. The highest BCUT2D eigenvalue weighted by Gasteiger charge is 2.12. The van der Waals surface area contributed by atoms with E-state index in [4.69, 9.17) is 5.73 Å². The summed E-state index contributed by atoms with van der Waals surface area (Å²) < 4.78 is 0. The molecule has 0 atom stereocenters. The molecule has 0 aromatic carbocycles. The van der Waals surface area contributed by atoms with Gasteiger partial charge in [0.2, 0.25) is 0 Å². The number of carbonyl (C=O) groups is 1. The molecule has 0 amide bonds. The summed E-state index contributed by atoms with van der Waals surface area (Å²) in [7, 11) is 0. The van der Waals surface area contributed by atoms with E-state index in [-0.39, 0.29) is 5.54 Å². The summed E-state index contributed by atoms with van der Waals surface area (Å²) in [6.07, 6.45) is 4.28. The first-order valence-electron chi connectivity index (χ1n) is 4.76. The number of ketones is 1. The first-order valence-corrected chi connectivity index (χ1v) is 4.76. The molecule has 0 heterocycles. The third kappa shape index (κ3) is 7.73. The molecule has 2 heteroatoms. The Morgan fingerprint density at radius 2 is 1.92 bits per heavy atom. The maximum absolute atomic E-state index is 11.2. The summed E-state index contributed by atoms with van der Waals surface area (Å²) in [6, 6.07) is 0. The summed E-state index contributed by atoms with van der Waals surface area (Å²) in [6.45, 7) is 6.01. The van der Waals surface area contributed by atoms with Gasteiger partial charge >= 0.3 is 0 Å². The molecule has 0 rings (SSSR count). The Kier molecular flexibility index (Phi) is 5.14. The SMILES string of the molecule is CCCCC(=O)CCC(C)(C)N. The standard InChI is InChI=1S/C10H21NO/c1-4-5-6-9(12)7-8-10(2,3)11/h4-8,11H2,1-3H3. The van der Waals surface area contributed by atoms with E-state index in [1.54, 1.807) is 0 Å². The third-order valence-electron chi connectivity index (χ3n) is 1.86. The van der Waals surface area contributed by atoms with Crippen molar-refractivity contribution in [3.05, 3.63) is 0 Å². The van der Waals surface area contributed by atoms with Crippen molar-refractivity contribution >= 4 is 5.78 Å². The van der Waals surface area contributed by atoms with E-state index in [2.05, 4.69) is 6.92 Å². The summed E-state index contributed by atoms with van der Waals surface area (Å²) >= 11 is 0. The van der Waals surface area contributed by atoms with E-state index < -0.39 is 0 Å². The van der Waals surface area contributed by atoms with Gasteiger partial charge in [0, 0.05) is 18.4 Å². The minimum Gasteiger partial charge on any atom is -0.326 e. The van der Waals surface area contributed by atoms with Crippen LogP contribution in [0.25, 0.3) is 0 Å². The molecule has 72 valence electrons. The lowest BCUT2D eigenvalue weighted by atomic mass is 9.97. The van der Waals surface area contributed by atoms with E-state index in [1.165, 1.54) is 0 Å². The Labute approximate surface area is 75.5 Å². The second-order valence-corrected chi connectivity index (χ2v) is 4.13. The molecule has 0 aliphatic heterocycles. The molecule has 0 aromatic heterocycles. The number of hydrogen-bond acceptors (Lipinski definition) is 2. The van der Waals surface area contributed by atoms with Crippen molar-refractivity contribution in [1.29, 1.82) is 0 Å². The van der Waals surface area contributed by atoms with Gasteiger partial charge in [-0.25, -0.2) is 0 Å². The van der Waals surface area contributed by atoms with Gasteiger partial charge in [0.05, 0.1) is 0 Å². The molecule has 0 saturated heterocycles. The Bertz CT molecular complexity index is 135. The quantitative estimate of drug-likeness (QED) is 0.666. The average Bonchev–Trinajstić information content (AvgIpc) is 1.95. The normalized spacial score (nSPS) is 11.7. The lowest BCUT2D eigenvalue weighted by Gasteiger charge is -2.17. The van der Waals surface area contributed by atoms with Crippen LogP contribution in [0.3, 0.4) is 0 Å². The van der Waals surface area contributed by atoms with Crippen molar-refractivity contribution in [2.45, 2.75) is 58.4 Å². The zero-order valence-electron chi connectivity index (χ0n) is 8.52. The predicted octanol–water partition coefficient (Wildman–Crippen LogP) is 2.26. The third-order valence-corrected chi connectivity index (χ3v) is 1.86. The number of unbranched alkanes of at least 4 members (excludes halogenated alkanes) is 1. The average molecular weight is 171 g/mol. The van der Waals surface area contributed by atoms with Crippen LogP contribution < -0.4 is 5.73 Å². The largest absolute Gasteiger partial charge is 0.326 e. The van der Waals surface area contributed by atoms with Crippen molar-refractivity contribution < 1.29 is 4.79 Å². The summed E-state index contributed by atoms with van der Waals surface area (Å²) in [4.78, 5) is 11.2. The van der Waals surface area contributed by atoms with Gasteiger partial charge < -0.3 is 5.73 Å².